The average Bonchev–Trinajstić information content (AvgIpc) is 2.74. The van der Waals surface area contributed by atoms with Crippen molar-refractivity contribution in [2.75, 3.05) is 23.8 Å². The molecule has 1 fully saturated rings. The van der Waals surface area contributed by atoms with Crippen LogP contribution in [0.5, 0.6) is 5.75 Å². The number of aliphatic hydroxyl groups excluding tert-OH is 1. The summed E-state index contributed by atoms with van der Waals surface area (Å²) in [5.74, 6) is -0.505. The van der Waals surface area contributed by atoms with Crippen LogP contribution in [0.15, 0.2) is 49.2 Å². The Hall–Kier alpha value is -3.60. The Morgan fingerprint density at radius 1 is 1.33 bits per heavy atom. The maximum absolute atomic E-state index is 12.4. The monoisotopic (exact) mass is 463 g/mol. The fraction of sp³-hybridized carbons (Fsp3) is 0.318. The van der Waals surface area contributed by atoms with Crippen LogP contribution < -0.4 is 20.3 Å². The molecule has 1 aromatic carbocycles. The van der Waals surface area contributed by atoms with Crippen molar-refractivity contribution in [3.63, 3.8) is 0 Å². The lowest BCUT2D eigenvalue weighted by atomic mass is 9.87. The molecule has 8 nitrogen and oxygen atoms in total. The Labute approximate surface area is 188 Å². The number of carbonyl (C=O) groups excluding carboxylic acids is 1. The summed E-state index contributed by atoms with van der Waals surface area (Å²) in [6, 6.07) is 6.93. The van der Waals surface area contributed by atoms with Crippen LogP contribution in [-0.2, 0) is 4.79 Å². The van der Waals surface area contributed by atoms with Crippen LogP contribution in [0.2, 0.25) is 0 Å². The summed E-state index contributed by atoms with van der Waals surface area (Å²) in [5.41, 5.74) is 1.58. The van der Waals surface area contributed by atoms with Gasteiger partial charge in [-0.3, -0.25) is 4.79 Å². The molecule has 1 saturated carbocycles. The largest absolute Gasteiger partial charge is 0.573 e. The van der Waals surface area contributed by atoms with Gasteiger partial charge in [-0.05, 0) is 49.2 Å². The van der Waals surface area contributed by atoms with Crippen LogP contribution in [0.1, 0.15) is 18.4 Å². The van der Waals surface area contributed by atoms with Gasteiger partial charge >= 0.3 is 6.36 Å². The third-order valence-electron chi connectivity index (χ3n) is 5.22. The third kappa shape index (κ3) is 6.22. The number of nitrogens with zero attached hydrogens (tertiary/aromatic N) is 2. The maximum atomic E-state index is 12.4. The fourth-order valence-corrected chi connectivity index (χ4v) is 3.42. The fourth-order valence-electron chi connectivity index (χ4n) is 3.42. The number of aliphatic hydroxyl groups is 1. The lowest BCUT2D eigenvalue weighted by Crippen LogP contribution is -2.46. The molecule has 0 aliphatic heterocycles. The van der Waals surface area contributed by atoms with Gasteiger partial charge in [0, 0.05) is 25.0 Å². The van der Waals surface area contributed by atoms with E-state index in [0.29, 0.717) is 35.6 Å². The van der Waals surface area contributed by atoms with Gasteiger partial charge in [0.15, 0.2) is 0 Å². The summed E-state index contributed by atoms with van der Waals surface area (Å²) in [5, 5.41) is 23.8. The minimum absolute atomic E-state index is 0.0690. The molecule has 0 spiro atoms. The number of alkyl halides is 3. The molecule has 4 N–H and O–H groups in total. The number of hydrogen-bond acceptors (Lipinski definition) is 7. The molecular weight excluding hydrogens is 439 g/mol. The molecular formula is C22H24F3N5O3. The van der Waals surface area contributed by atoms with Gasteiger partial charge in [0.2, 0.25) is 5.91 Å². The molecule has 0 unspecified atom stereocenters. The molecule has 0 saturated heterocycles. The minimum Gasteiger partial charge on any atom is -0.406 e. The Kier molecular flexibility index (Phi) is 7.22. The van der Waals surface area contributed by atoms with E-state index < -0.39 is 12.3 Å². The second kappa shape index (κ2) is 9.90. The number of aromatic nitrogens is 1. The smallest absolute Gasteiger partial charge is 0.406 e. The van der Waals surface area contributed by atoms with Gasteiger partial charge in [-0.2, -0.15) is 0 Å². The Morgan fingerprint density at radius 2 is 2.00 bits per heavy atom. The number of rotatable bonds is 9. The highest BCUT2D eigenvalue weighted by atomic mass is 19.4. The molecule has 0 bridgehead atoms. The first-order valence-electron chi connectivity index (χ1n) is 10.1. The second-order valence-electron chi connectivity index (χ2n) is 7.54. The molecule has 1 aromatic heterocycles. The molecule has 3 rings (SSSR count). The molecule has 33 heavy (non-hydrogen) atoms. The van der Waals surface area contributed by atoms with E-state index in [1.54, 1.807) is 12.3 Å². The van der Waals surface area contributed by atoms with Crippen molar-refractivity contribution < 1.29 is 27.8 Å². The van der Waals surface area contributed by atoms with Gasteiger partial charge in [-0.25, -0.2) is 4.98 Å². The van der Waals surface area contributed by atoms with Gasteiger partial charge in [0.05, 0.1) is 29.6 Å². The number of pyridine rings is 1. The predicted octanol–water partition coefficient (Wildman–Crippen LogP) is 3.35. The number of benzene rings is 1. The highest BCUT2D eigenvalue weighted by Gasteiger charge is 2.33. The molecule has 1 heterocycles. The van der Waals surface area contributed by atoms with Crippen molar-refractivity contribution in [2.45, 2.75) is 31.3 Å². The first kappa shape index (κ1) is 24.1. The number of anilines is 3. The summed E-state index contributed by atoms with van der Waals surface area (Å²) in [6.07, 6.45) is -1.34. The first-order valence-corrected chi connectivity index (χ1v) is 10.1. The topological polar surface area (TPSA) is 111 Å². The van der Waals surface area contributed by atoms with Gasteiger partial charge in [0.25, 0.3) is 0 Å². The molecule has 1 aliphatic rings. The molecule has 0 atom stereocenters. The Morgan fingerprint density at radius 3 is 2.58 bits per heavy atom. The molecule has 1 amide bonds. The van der Waals surface area contributed by atoms with Crippen LogP contribution in [-0.4, -0.2) is 53.8 Å². The van der Waals surface area contributed by atoms with E-state index in [-0.39, 0.29) is 30.2 Å². The van der Waals surface area contributed by atoms with Crippen molar-refractivity contribution in [1.29, 1.82) is 5.41 Å². The maximum Gasteiger partial charge on any atom is 0.573 e. The van der Waals surface area contributed by atoms with E-state index in [1.807, 2.05) is 11.9 Å². The summed E-state index contributed by atoms with van der Waals surface area (Å²) >= 11 is 0. The molecule has 176 valence electrons. The van der Waals surface area contributed by atoms with Gasteiger partial charge in [-0.15, -0.1) is 13.2 Å². The van der Waals surface area contributed by atoms with Gasteiger partial charge < -0.3 is 30.8 Å². The van der Waals surface area contributed by atoms with E-state index in [0.717, 1.165) is 18.2 Å². The number of carbonyl (C=O) groups is 1. The summed E-state index contributed by atoms with van der Waals surface area (Å²) in [6.45, 7) is 3.30. The minimum atomic E-state index is -4.79. The van der Waals surface area contributed by atoms with Crippen LogP contribution in [0.3, 0.4) is 0 Å². The highest BCUT2D eigenvalue weighted by molar-refractivity contribution is 6.10. The summed E-state index contributed by atoms with van der Waals surface area (Å²) in [4.78, 5) is 17.8. The zero-order valence-electron chi connectivity index (χ0n) is 17.8. The standard InChI is InChI=1S/C22H24F3N5O3/c1-3-19(32)28-12-17(26)20-18(30(2)14-10-15(31)11-14)8-9-27-21(20)29-13-4-6-16(7-5-13)33-22(23,24)25/h3-9,14-15,26,31H,1,10-12H2,2H3,(H,27,29)(H,28,32). The lowest BCUT2D eigenvalue weighted by molar-refractivity contribution is -0.274. The molecule has 0 radical (unpaired) electrons. The SMILES string of the molecule is C=CC(=O)NCC(=N)c1c(N(C)C2CC(O)C2)ccnc1Nc1ccc(OC(F)(F)F)cc1. The second-order valence-corrected chi connectivity index (χ2v) is 7.54. The van der Waals surface area contributed by atoms with Crippen molar-refractivity contribution in [1.82, 2.24) is 10.3 Å². The average molecular weight is 463 g/mol. The van der Waals surface area contributed by atoms with E-state index in [1.165, 1.54) is 12.1 Å². The number of ether oxygens (including phenoxy) is 1. The summed E-state index contributed by atoms with van der Waals surface area (Å²) in [7, 11) is 1.85. The van der Waals surface area contributed by atoms with Crippen LogP contribution in [0.25, 0.3) is 0 Å². The quantitative estimate of drug-likeness (QED) is 0.335. The molecule has 1 aliphatic carbocycles. The summed E-state index contributed by atoms with van der Waals surface area (Å²) < 4.78 is 41.1. The lowest BCUT2D eigenvalue weighted by Gasteiger charge is -2.40. The van der Waals surface area contributed by atoms with Crippen molar-refractivity contribution in [2.24, 2.45) is 0 Å². The Bertz CT molecular complexity index is 1020. The van der Waals surface area contributed by atoms with E-state index >= 15 is 0 Å². The number of hydrogen-bond donors (Lipinski definition) is 4. The molecule has 11 heteroatoms. The predicted molar refractivity (Wildman–Crippen MR) is 118 cm³/mol. The van der Waals surface area contributed by atoms with Crippen molar-refractivity contribution >= 4 is 28.8 Å². The first-order chi connectivity index (χ1) is 15.6. The number of halogens is 3. The van der Waals surface area contributed by atoms with Gasteiger partial charge in [-0.1, -0.05) is 6.58 Å². The normalized spacial score (nSPS) is 17.5. The Balaban J connectivity index is 1.89. The highest BCUT2D eigenvalue weighted by Crippen LogP contribution is 2.34. The number of nitrogens with one attached hydrogen (secondary N) is 3. The van der Waals surface area contributed by atoms with Crippen LogP contribution in [0.4, 0.5) is 30.4 Å². The van der Waals surface area contributed by atoms with Gasteiger partial charge in [0.1, 0.15) is 11.6 Å². The zero-order valence-corrected chi connectivity index (χ0v) is 17.8. The molecule has 2 aromatic rings. The van der Waals surface area contributed by atoms with Crippen molar-refractivity contribution in [3.05, 3.63) is 54.7 Å². The third-order valence-corrected chi connectivity index (χ3v) is 5.22. The van der Waals surface area contributed by atoms with E-state index in [4.69, 9.17) is 5.41 Å². The van der Waals surface area contributed by atoms with E-state index in [9.17, 15) is 23.1 Å². The van der Waals surface area contributed by atoms with E-state index in [2.05, 4.69) is 26.9 Å². The van der Waals surface area contributed by atoms with Crippen LogP contribution >= 0.6 is 0 Å². The number of amides is 1. The van der Waals surface area contributed by atoms with Crippen molar-refractivity contribution in [3.8, 4) is 5.75 Å². The zero-order chi connectivity index (χ0) is 24.2. The van der Waals surface area contributed by atoms with Crippen LogP contribution in [0, 0.1) is 5.41 Å².